The van der Waals surface area contributed by atoms with Crippen molar-refractivity contribution < 1.29 is 9.53 Å². The fourth-order valence-electron chi connectivity index (χ4n) is 3.91. The molecule has 3 aromatic rings. The summed E-state index contributed by atoms with van der Waals surface area (Å²) in [5, 5.41) is 13.3. The first-order valence-electron chi connectivity index (χ1n) is 10.1. The molecule has 1 N–H and O–H groups in total. The fraction of sp³-hybridized carbons (Fsp3) is 0.208. The molecule has 0 spiro atoms. The molecule has 0 atom stereocenters. The minimum Gasteiger partial charge on any atom is -0.490 e. The van der Waals surface area contributed by atoms with Crippen LogP contribution >= 0.6 is 11.6 Å². The van der Waals surface area contributed by atoms with Crippen LogP contribution in [0.1, 0.15) is 11.1 Å². The van der Waals surface area contributed by atoms with Crippen LogP contribution < -0.4 is 10.1 Å². The quantitative estimate of drug-likeness (QED) is 0.461. The average Bonchev–Trinajstić information content (AvgIpc) is 3.10. The molecule has 0 saturated heterocycles. The van der Waals surface area contributed by atoms with Crippen molar-refractivity contribution in [1.82, 2.24) is 14.8 Å². The van der Waals surface area contributed by atoms with Crippen LogP contribution in [-0.4, -0.2) is 48.8 Å². The molecule has 2 heterocycles. The summed E-state index contributed by atoms with van der Waals surface area (Å²) >= 11 is 6.63. The molecule has 1 amide bonds. The molecule has 2 aromatic carbocycles. The van der Waals surface area contributed by atoms with Gasteiger partial charge in [0.1, 0.15) is 12.4 Å². The van der Waals surface area contributed by atoms with Crippen molar-refractivity contribution in [3.63, 3.8) is 0 Å². The van der Waals surface area contributed by atoms with Crippen molar-refractivity contribution in [2.75, 3.05) is 26.7 Å². The molecule has 0 fully saturated rings. The van der Waals surface area contributed by atoms with E-state index in [1.54, 1.807) is 19.5 Å². The Labute approximate surface area is 191 Å². The van der Waals surface area contributed by atoms with E-state index in [1.807, 2.05) is 36.5 Å². The van der Waals surface area contributed by atoms with E-state index in [0.717, 1.165) is 27.7 Å². The van der Waals surface area contributed by atoms with Crippen molar-refractivity contribution in [2.24, 2.45) is 4.99 Å². The third kappa shape index (κ3) is 4.52. The number of benzene rings is 2. The van der Waals surface area contributed by atoms with Crippen LogP contribution in [0.3, 0.4) is 0 Å². The Morgan fingerprint density at radius 2 is 2.22 bits per heavy atom. The van der Waals surface area contributed by atoms with E-state index in [0.29, 0.717) is 49.0 Å². The van der Waals surface area contributed by atoms with Crippen LogP contribution in [-0.2, 0) is 11.3 Å². The lowest BCUT2D eigenvalue weighted by atomic mass is 10.1. The van der Waals surface area contributed by atoms with Crippen LogP contribution in [0.5, 0.6) is 5.75 Å². The highest BCUT2D eigenvalue weighted by Crippen LogP contribution is 2.35. The van der Waals surface area contributed by atoms with Gasteiger partial charge in [0.25, 0.3) is 0 Å². The monoisotopic (exact) mass is 447 g/mol. The second kappa shape index (κ2) is 9.69. The molecule has 0 unspecified atom stereocenters. The average molecular weight is 448 g/mol. The predicted molar refractivity (Wildman–Crippen MR) is 125 cm³/mol. The molecule has 0 radical (unpaired) electrons. The summed E-state index contributed by atoms with van der Waals surface area (Å²) in [7, 11) is 1.70. The number of halogens is 1. The number of amides is 1. The molecular weight excluding hydrogens is 426 g/mol. The maximum atomic E-state index is 10.7. The van der Waals surface area contributed by atoms with Gasteiger partial charge in [0.2, 0.25) is 6.41 Å². The van der Waals surface area contributed by atoms with Gasteiger partial charge >= 0.3 is 0 Å². The van der Waals surface area contributed by atoms with Gasteiger partial charge in [0, 0.05) is 67.5 Å². The van der Waals surface area contributed by atoms with Gasteiger partial charge in [-0.1, -0.05) is 11.6 Å². The maximum absolute atomic E-state index is 10.7. The van der Waals surface area contributed by atoms with Gasteiger partial charge in [-0.3, -0.25) is 14.7 Å². The van der Waals surface area contributed by atoms with Crippen molar-refractivity contribution in [3.05, 3.63) is 70.5 Å². The molecule has 1 aliphatic rings. The smallest absolute Gasteiger partial charge is 0.211 e. The summed E-state index contributed by atoms with van der Waals surface area (Å²) in [4.78, 5) is 17.0. The Balaban J connectivity index is 1.67. The number of carbonyl (C=O) groups excluding carboxylic acids is 1. The Morgan fingerprint density at radius 1 is 1.34 bits per heavy atom. The first kappa shape index (κ1) is 21.6. The molecule has 0 saturated carbocycles. The van der Waals surface area contributed by atoms with Crippen LogP contribution in [0.25, 0.3) is 16.6 Å². The lowest BCUT2D eigenvalue weighted by molar-refractivity contribution is -0.108. The largest absolute Gasteiger partial charge is 0.490 e. The summed E-state index contributed by atoms with van der Waals surface area (Å²) in [6, 6.07) is 13.8. The number of aromatic nitrogens is 1. The molecule has 0 aliphatic carbocycles. The normalized spacial score (nSPS) is 14.6. The molecule has 7 nitrogen and oxygen atoms in total. The summed E-state index contributed by atoms with van der Waals surface area (Å²) in [5.41, 5.74) is 4.41. The van der Waals surface area contributed by atoms with Gasteiger partial charge in [-0.25, -0.2) is 0 Å². The van der Waals surface area contributed by atoms with Crippen molar-refractivity contribution in [3.8, 4) is 17.5 Å². The minimum atomic E-state index is 0.507. The highest BCUT2D eigenvalue weighted by molar-refractivity contribution is 6.32. The molecule has 4 rings (SSSR count). The van der Waals surface area contributed by atoms with Gasteiger partial charge in [0.15, 0.2) is 0 Å². The first-order valence-corrected chi connectivity index (χ1v) is 10.5. The molecular formula is C24H22ClN5O2. The maximum Gasteiger partial charge on any atom is 0.211 e. The van der Waals surface area contributed by atoms with Crippen molar-refractivity contribution in [1.29, 1.82) is 5.26 Å². The number of nitrogens with one attached hydrogen (secondary N) is 1. The third-order valence-corrected chi connectivity index (χ3v) is 5.57. The molecule has 8 heteroatoms. The summed E-state index contributed by atoms with van der Waals surface area (Å²) < 4.78 is 8.03. The van der Waals surface area contributed by atoms with E-state index in [1.165, 1.54) is 0 Å². The van der Waals surface area contributed by atoms with Gasteiger partial charge in [-0.2, -0.15) is 5.26 Å². The number of hydrogen-bond acceptors (Lipinski definition) is 5. The number of ether oxygens (including phenoxy) is 1. The van der Waals surface area contributed by atoms with Gasteiger partial charge < -0.3 is 14.6 Å². The number of nitriles is 1. The minimum absolute atomic E-state index is 0.507. The predicted octanol–water partition coefficient (Wildman–Crippen LogP) is 3.68. The lowest BCUT2D eigenvalue weighted by Gasteiger charge is -2.20. The van der Waals surface area contributed by atoms with Gasteiger partial charge in [0.05, 0.1) is 22.2 Å². The topological polar surface area (TPSA) is 82.7 Å². The SMILES string of the molecule is CN=C/C(=C\NC=O)CN1CCOc2c(Cl)cc(-n3ccc4cc(C#N)ccc43)cc2C1. The first-order chi connectivity index (χ1) is 15.6. The van der Waals surface area contributed by atoms with E-state index < -0.39 is 0 Å². The molecule has 32 heavy (non-hydrogen) atoms. The Bertz CT molecular complexity index is 1260. The Hall–Kier alpha value is -3.60. The van der Waals surface area contributed by atoms with Crippen molar-refractivity contribution >= 4 is 35.1 Å². The number of aliphatic imine (C=N–C) groups is 1. The second-order valence-electron chi connectivity index (χ2n) is 7.44. The van der Waals surface area contributed by atoms with Crippen LogP contribution in [0.4, 0.5) is 0 Å². The zero-order valence-corrected chi connectivity index (χ0v) is 18.3. The van der Waals surface area contributed by atoms with E-state index in [4.69, 9.17) is 21.6 Å². The zero-order chi connectivity index (χ0) is 22.5. The Kier molecular flexibility index (Phi) is 6.55. The van der Waals surface area contributed by atoms with E-state index >= 15 is 0 Å². The summed E-state index contributed by atoms with van der Waals surface area (Å²) in [6.07, 6.45) is 5.99. The van der Waals surface area contributed by atoms with Crippen LogP contribution in [0.2, 0.25) is 5.02 Å². The standard InChI is InChI=1S/C24H22ClN5O2/c1-27-12-18(13-28-16-31)14-29-6-7-32-24-20(15-29)9-21(10-22(24)25)30-5-4-19-8-17(11-26)2-3-23(19)30/h2-5,8-10,12-13,16H,6-7,14-15H2,1H3,(H,28,31)/b18-13+,27-12?. The van der Waals surface area contributed by atoms with Crippen LogP contribution in [0, 0.1) is 11.3 Å². The van der Waals surface area contributed by atoms with E-state index in [2.05, 4.69) is 31.9 Å². The lowest BCUT2D eigenvalue weighted by Crippen LogP contribution is -2.28. The number of hydrogen-bond donors (Lipinski definition) is 1. The molecule has 1 aliphatic heterocycles. The number of rotatable bonds is 6. The molecule has 0 bridgehead atoms. The van der Waals surface area contributed by atoms with E-state index in [9.17, 15) is 4.79 Å². The highest BCUT2D eigenvalue weighted by atomic mass is 35.5. The van der Waals surface area contributed by atoms with E-state index in [-0.39, 0.29) is 0 Å². The van der Waals surface area contributed by atoms with Gasteiger partial charge in [-0.15, -0.1) is 0 Å². The second-order valence-corrected chi connectivity index (χ2v) is 7.84. The molecule has 1 aromatic heterocycles. The summed E-state index contributed by atoms with van der Waals surface area (Å²) in [5.74, 6) is 0.696. The highest BCUT2D eigenvalue weighted by Gasteiger charge is 2.20. The number of fused-ring (bicyclic) bond motifs is 2. The fourth-order valence-corrected chi connectivity index (χ4v) is 4.20. The van der Waals surface area contributed by atoms with Gasteiger partial charge in [-0.05, 0) is 36.4 Å². The number of nitrogens with zero attached hydrogens (tertiary/aromatic N) is 4. The number of carbonyl (C=O) groups is 1. The molecule has 162 valence electrons. The third-order valence-electron chi connectivity index (χ3n) is 5.29. The Morgan fingerprint density at radius 3 is 3.00 bits per heavy atom. The summed E-state index contributed by atoms with van der Waals surface area (Å²) in [6.45, 7) is 2.45. The van der Waals surface area contributed by atoms with Crippen molar-refractivity contribution in [2.45, 2.75) is 6.54 Å². The zero-order valence-electron chi connectivity index (χ0n) is 17.6. The van der Waals surface area contributed by atoms with Crippen LogP contribution in [0.15, 0.2) is 59.4 Å².